The van der Waals surface area contributed by atoms with E-state index in [-0.39, 0.29) is 25.4 Å². The fourth-order valence-corrected chi connectivity index (χ4v) is 4.51. The molecule has 2 aliphatic rings. The lowest BCUT2D eigenvalue weighted by atomic mass is 9.86. The predicted molar refractivity (Wildman–Crippen MR) is 104 cm³/mol. The molecular formula is C20H21F3N2O5S. The van der Waals surface area contributed by atoms with Crippen LogP contribution in [0.2, 0.25) is 0 Å². The number of aryl methyl sites for hydroxylation is 1. The van der Waals surface area contributed by atoms with Crippen molar-refractivity contribution in [2.75, 3.05) is 33.1 Å². The number of halogens is 3. The van der Waals surface area contributed by atoms with Crippen LogP contribution in [-0.2, 0) is 19.8 Å². The quantitative estimate of drug-likeness (QED) is 0.618. The number of aromatic nitrogens is 1. The fraction of sp³-hybridized carbons (Fsp3) is 0.500. The van der Waals surface area contributed by atoms with Gasteiger partial charge in [0.1, 0.15) is 30.9 Å². The zero-order valence-electron chi connectivity index (χ0n) is 16.7. The molecule has 4 rings (SSSR count). The second-order valence-electron chi connectivity index (χ2n) is 7.30. The topological polar surface area (TPSA) is 70.1 Å². The number of fused-ring (bicyclic) bond motifs is 1. The van der Waals surface area contributed by atoms with Crippen molar-refractivity contribution in [1.82, 2.24) is 9.88 Å². The van der Waals surface area contributed by atoms with Crippen molar-refractivity contribution in [3.8, 4) is 5.75 Å². The Bertz CT molecular complexity index is 924. The van der Waals surface area contributed by atoms with Gasteiger partial charge in [0.2, 0.25) is 0 Å². The average molecular weight is 458 g/mol. The first-order valence-corrected chi connectivity index (χ1v) is 10.6. The van der Waals surface area contributed by atoms with Crippen molar-refractivity contribution >= 4 is 17.2 Å². The molecular weight excluding hydrogens is 437 g/mol. The highest BCUT2D eigenvalue weighted by Crippen LogP contribution is 2.42. The second kappa shape index (κ2) is 8.73. The van der Waals surface area contributed by atoms with Crippen molar-refractivity contribution in [3.05, 3.63) is 45.9 Å². The number of thiazole rings is 1. The van der Waals surface area contributed by atoms with Crippen molar-refractivity contribution in [2.45, 2.75) is 31.4 Å². The summed E-state index contributed by atoms with van der Waals surface area (Å²) < 4.78 is 56.8. The van der Waals surface area contributed by atoms with Crippen LogP contribution in [0.3, 0.4) is 0 Å². The number of ether oxygens (including phenoxy) is 4. The van der Waals surface area contributed by atoms with Gasteiger partial charge in [0.05, 0.1) is 24.4 Å². The highest BCUT2D eigenvalue weighted by Gasteiger charge is 2.52. The van der Waals surface area contributed by atoms with Gasteiger partial charge < -0.3 is 19.1 Å². The number of piperidine rings is 1. The maximum absolute atomic E-state index is 13.0. The molecule has 2 aliphatic heterocycles. The lowest BCUT2D eigenvalue weighted by molar-refractivity contribution is -0.325. The average Bonchev–Trinajstić information content (AvgIpc) is 3.40. The number of alkyl halides is 3. The first kappa shape index (κ1) is 22.0. The number of likely N-dealkylation sites (tertiary alicyclic amines) is 1. The van der Waals surface area contributed by atoms with Crippen LogP contribution in [0.15, 0.2) is 29.1 Å². The number of carbonyl (C=O) groups excluding carboxylic acids is 1. The van der Waals surface area contributed by atoms with Crippen LogP contribution in [0.25, 0.3) is 0 Å². The fourth-order valence-electron chi connectivity index (χ4n) is 3.88. The molecule has 2 saturated heterocycles. The van der Waals surface area contributed by atoms with Crippen LogP contribution in [-0.4, -0.2) is 61.4 Å². The summed E-state index contributed by atoms with van der Waals surface area (Å²) in [5.41, 5.74) is 3.08. The Kier molecular flexibility index (Phi) is 6.20. The number of rotatable bonds is 6. The summed E-state index contributed by atoms with van der Waals surface area (Å²) in [7, 11) is 0. The number of hydrogen-bond donors (Lipinski definition) is 0. The zero-order valence-corrected chi connectivity index (χ0v) is 17.5. The SMILES string of the molecule is Cc1cc(C(=O)N2CCC3(c4cscn4)OCOC3C2)ccc1OCCOC(F)(F)F. The molecule has 7 nitrogen and oxygen atoms in total. The Morgan fingerprint density at radius 3 is 2.94 bits per heavy atom. The molecule has 2 atom stereocenters. The number of amides is 1. The van der Waals surface area contributed by atoms with Crippen molar-refractivity contribution < 1.29 is 36.9 Å². The molecule has 2 unspecified atom stereocenters. The maximum atomic E-state index is 13.0. The molecule has 2 aromatic rings. The molecule has 0 spiro atoms. The molecule has 0 aliphatic carbocycles. The molecule has 0 radical (unpaired) electrons. The highest BCUT2D eigenvalue weighted by molar-refractivity contribution is 7.07. The van der Waals surface area contributed by atoms with Gasteiger partial charge in [-0.25, -0.2) is 4.98 Å². The minimum Gasteiger partial charge on any atom is -0.491 e. The van der Waals surface area contributed by atoms with Crippen LogP contribution in [0.1, 0.15) is 28.0 Å². The summed E-state index contributed by atoms with van der Waals surface area (Å²) in [4.78, 5) is 19.2. The first-order valence-electron chi connectivity index (χ1n) is 9.66. The summed E-state index contributed by atoms with van der Waals surface area (Å²) in [6.45, 7) is 1.89. The normalized spacial score (nSPS) is 23.6. The molecule has 3 heterocycles. The van der Waals surface area contributed by atoms with E-state index in [0.717, 1.165) is 5.69 Å². The zero-order chi connectivity index (χ0) is 22.1. The van der Waals surface area contributed by atoms with Crippen LogP contribution in [0, 0.1) is 6.92 Å². The van der Waals surface area contributed by atoms with Gasteiger partial charge in [-0.3, -0.25) is 9.53 Å². The van der Waals surface area contributed by atoms with Gasteiger partial charge in [-0.15, -0.1) is 24.5 Å². The Balaban J connectivity index is 1.38. The van der Waals surface area contributed by atoms with Crippen molar-refractivity contribution in [3.63, 3.8) is 0 Å². The van der Waals surface area contributed by atoms with E-state index in [1.807, 2.05) is 5.38 Å². The number of benzene rings is 1. The lowest BCUT2D eigenvalue weighted by Crippen LogP contribution is -2.53. The smallest absolute Gasteiger partial charge is 0.491 e. The third-order valence-corrected chi connectivity index (χ3v) is 6.01. The number of carbonyl (C=O) groups is 1. The minimum absolute atomic E-state index is 0.155. The Labute approximate surface area is 180 Å². The predicted octanol–water partition coefficient (Wildman–Crippen LogP) is 3.48. The summed E-state index contributed by atoms with van der Waals surface area (Å²) in [5.74, 6) is 0.244. The monoisotopic (exact) mass is 458 g/mol. The van der Waals surface area contributed by atoms with Crippen LogP contribution in [0.5, 0.6) is 5.75 Å². The lowest BCUT2D eigenvalue weighted by Gasteiger charge is -2.40. The van der Waals surface area contributed by atoms with Gasteiger partial charge in [-0.2, -0.15) is 0 Å². The van der Waals surface area contributed by atoms with Gasteiger partial charge in [0.25, 0.3) is 5.91 Å². The minimum atomic E-state index is -4.69. The summed E-state index contributed by atoms with van der Waals surface area (Å²) >= 11 is 1.49. The number of nitrogens with zero attached hydrogens (tertiary/aromatic N) is 2. The van der Waals surface area contributed by atoms with Gasteiger partial charge in [0.15, 0.2) is 0 Å². The Morgan fingerprint density at radius 1 is 1.39 bits per heavy atom. The van der Waals surface area contributed by atoms with E-state index >= 15 is 0 Å². The van der Waals surface area contributed by atoms with E-state index in [4.69, 9.17) is 14.2 Å². The van der Waals surface area contributed by atoms with E-state index < -0.39 is 18.6 Å². The van der Waals surface area contributed by atoms with E-state index in [2.05, 4.69) is 9.72 Å². The maximum Gasteiger partial charge on any atom is 0.522 e. The van der Waals surface area contributed by atoms with Crippen LogP contribution in [0.4, 0.5) is 13.2 Å². The molecule has 1 aromatic carbocycles. The number of hydrogen-bond acceptors (Lipinski definition) is 7. The van der Waals surface area contributed by atoms with Crippen molar-refractivity contribution in [1.29, 1.82) is 0 Å². The molecule has 0 saturated carbocycles. The molecule has 168 valence electrons. The highest BCUT2D eigenvalue weighted by atomic mass is 32.1. The largest absolute Gasteiger partial charge is 0.522 e. The molecule has 0 N–H and O–H groups in total. The summed E-state index contributed by atoms with van der Waals surface area (Å²) in [5, 5.41) is 1.95. The van der Waals surface area contributed by atoms with Crippen LogP contribution < -0.4 is 4.74 Å². The molecule has 11 heteroatoms. The van der Waals surface area contributed by atoms with Crippen molar-refractivity contribution in [2.24, 2.45) is 0 Å². The summed E-state index contributed by atoms with van der Waals surface area (Å²) in [6.07, 6.45) is -4.41. The van der Waals surface area contributed by atoms with E-state index in [9.17, 15) is 18.0 Å². The second-order valence-corrected chi connectivity index (χ2v) is 8.02. The van der Waals surface area contributed by atoms with Gasteiger partial charge >= 0.3 is 6.36 Å². The first-order chi connectivity index (χ1) is 14.8. The van der Waals surface area contributed by atoms with E-state index in [1.54, 1.807) is 35.5 Å². The third kappa shape index (κ3) is 4.69. The molecule has 2 fully saturated rings. The standard InChI is InChI=1S/C20H21F3N2O5S/c1-13-8-14(2-3-15(13)27-6-7-29-20(21,22)23)18(26)25-5-4-19(16-10-31-11-24-16)17(9-25)28-12-30-19/h2-3,8,10-11,17H,4-7,9,12H2,1H3. The third-order valence-electron chi connectivity index (χ3n) is 5.43. The molecule has 1 aromatic heterocycles. The molecule has 1 amide bonds. The van der Waals surface area contributed by atoms with Crippen LogP contribution >= 0.6 is 11.3 Å². The van der Waals surface area contributed by atoms with Gasteiger partial charge in [0, 0.05) is 23.9 Å². The molecule has 31 heavy (non-hydrogen) atoms. The van der Waals surface area contributed by atoms with E-state index in [1.165, 1.54) is 11.3 Å². The van der Waals surface area contributed by atoms with Gasteiger partial charge in [-0.1, -0.05) is 0 Å². The van der Waals surface area contributed by atoms with E-state index in [0.29, 0.717) is 36.4 Å². The Morgan fingerprint density at radius 2 is 2.23 bits per heavy atom. The summed E-state index contributed by atoms with van der Waals surface area (Å²) in [6, 6.07) is 4.84. The van der Waals surface area contributed by atoms with Gasteiger partial charge in [-0.05, 0) is 30.7 Å². The Hall–Kier alpha value is -2.21. The molecule has 0 bridgehead atoms.